The van der Waals surface area contributed by atoms with E-state index in [0.717, 1.165) is 12.8 Å². The fourth-order valence-electron chi connectivity index (χ4n) is 2.13. The van der Waals surface area contributed by atoms with E-state index < -0.39 is 5.97 Å². The highest BCUT2D eigenvalue weighted by Crippen LogP contribution is 2.20. The summed E-state index contributed by atoms with van der Waals surface area (Å²) < 4.78 is 16.2. The molecule has 0 bridgehead atoms. The van der Waals surface area contributed by atoms with E-state index in [1.165, 1.54) is 0 Å². The Bertz CT molecular complexity index is 290. The van der Waals surface area contributed by atoms with Gasteiger partial charge < -0.3 is 19.3 Å². The molecule has 1 aliphatic heterocycles. The smallest absolute Gasteiger partial charge is 0.303 e. The number of carboxylic acids is 1. The van der Waals surface area contributed by atoms with Gasteiger partial charge in [0.1, 0.15) is 12.9 Å². The van der Waals surface area contributed by atoms with Crippen LogP contribution >= 0.6 is 0 Å². The van der Waals surface area contributed by atoms with Gasteiger partial charge in [0.15, 0.2) is 0 Å². The molecule has 1 saturated heterocycles. The molecular weight excluding hydrogens is 248 g/mol. The minimum absolute atomic E-state index is 0.0222. The third-order valence-electron chi connectivity index (χ3n) is 3.22. The van der Waals surface area contributed by atoms with E-state index in [0.29, 0.717) is 25.7 Å². The number of hydrogen-bond acceptors (Lipinski definition) is 4. The van der Waals surface area contributed by atoms with Crippen LogP contribution in [0.25, 0.3) is 0 Å². The Morgan fingerprint density at radius 2 is 2.32 bits per heavy atom. The van der Waals surface area contributed by atoms with E-state index in [2.05, 4.69) is 6.92 Å². The van der Waals surface area contributed by atoms with E-state index in [4.69, 9.17) is 19.3 Å². The number of hydrogen-bond donors (Lipinski definition) is 1. The van der Waals surface area contributed by atoms with E-state index in [1.807, 2.05) is 12.2 Å². The molecule has 5 nitrogen and oxygen atoms in total. The van der Waals surface area contributed by atoms with Gasteiger partial charge in [-0.1, -0.05) is 19.1 Å². The molecule has 0 aromatic heterocycles. The predicted molar refractivity (Wildman–Crippen MR) is 70.9 cm³/mol. The second-order valence-corrected chi connectivity index (χ2v) is 4.87. The van der Waals surface area contributed by atoms with Crippen molar-refractivity contribution in [3.8, 4) is 0 Å². The van der Waals surface area contributed by atoms with Gasteiger partial charge in [-0.3, -0.25) is 4.79 Å². The SMILES string of the molecule is CO[C@@H](/C=C/CCCCC(=O)O)[C@H]1OCOC[C@H]1C. The lowest BCUT2D eigenvalue weighted by atomic mass is 9.99. The van der Waals surface area contributed by atoms with Gasteiger partial charge in [-0.05, 0) is 19.3 Å². The van der Waals surface area contributed by atoms with Crippen LogP contribution in [0.15, 0.2) is 12.2 Å². The van der Waals surface area contributed by atoms with Crippen LogP contribution in [0.3, 0.4) is 0 Å². The number of rotatable bonds is 8. The molecule has 19 heavy (non-hydrogen) atoms. The van der Waals surface area contributed by atoms with Crippen LogP contribution in [0, 0.1) is 5.92 Å². The molecule has 1 heterocycles. The molecule has 0 spiro atoms. The number of carbonyl (C=O) groups is 1. The molecule has 5 heteroatoms. The van der Waals surface area contributed by atoms with Gasteiger partial charge in [-0.2, -0.15) is 0 Å². The van der Waals surface area contributed by atoms with E-state index in [1.54, 1.807) is 7.11 Å². The van der Waals surface area contributed by atoms with Crippen LogP contribution in [-0.4, -0.2) is 43.8 Å². The first-order chi connectivity index (χ1) is 9.15. The van der Waals surface area contributed by atoms with Gasteiger partial charge in [-0.15, -0.1) is 0 Å². The molecular formula is C14H24O5. The van der Waals surface area contributed by atoms with Gasteiger partial charge in [0.05, 0.1) is 12.7 Å². The zero-order valence-corrected chi connectivity index (χ0v) is 11.7. The van der Waals surface area contributed by atoms with Gasteiger partial charge in [0.25, 0.3) is 0 Å². The Hall–Kier alpha value is -0.910. The summed E-state index contributed by atoms with van der Waals surface area (Å²) in [5.74, 6) is -0.432. The summed E-state index contributed by atoms with van der Waals surface area (Å²) in [6, 6.07) is 0. The molecule has 0 aromatic carbocycles. The number of unbranched alkanes of at least 4 members (excludes halogenated alkanes) is 2. The summed E-state index contributed by atoms with van der Waals surface area (Å²) in [6.45, 7) is 3.09. The monoisotopic (exact) mass is 272 g/mol. The zero-order chi connectivity index (χ0) is 14.1. The lowest BCUT2D eigenvalue weighted by Gasteiger charge is -2.33. The Labute approximate surface area is 114 Å². The molecule has 0 aromatic rings. The van der Waals surface area contributed by atoms with Crippen molar-refractivity contribution in [2.24, 2.45) is 5.92 Å². The Morgan fingerprint density at radius 1 is 1.53 bits per heavy atom. The summed E-state index contributed by atoms with van der Waals surface area (Å²) in [5.41, 5.74) is 0. The summed E-state index contributed by atoms with van der Waals surface area (Å²) in [7, 11) is 1.67. The van der Waals surface area contributed by atoms with Gasteiger partial charge in [0.2, 0.25) is 0 Å². The largest absolute Gasteiger partial charge is 0.481 e. The molecule has 1 fully saturated rings. The minimum Gasteiger partial charge on any atom is -0.481 e. The average Bonchev–Trinajstić information content (AvgIpc) is 2.39. The van der Waals surface area contributed by atoms with E-state index in [9.17, 15) is 4.79 Å². The summed E-state index contributed by atoms with van der Waals surface area (Å²) in [5, 5.41) is 8.53. The third kappa shape index (κ3) is 6.18. The lowest BCUT2D eigenvalue weighted by molar-refractivity contribution is -0.191. The van der Waals surface area contributed by atoms with Gasteiger partial charge in [0, 0.05) is 19.4 Å². The van der Waals surface area contributed by atoms with Crippen LogP contribution in [-0.2, 0) is 19.0 Å². The van der Waals surface area contributed by atoms with Crippen LogP contribution < -0.4 is 0 Å². The van der Waals surface area contributed by atoms with Crippen molar-refractivity contribution in [2.45, 2.75) is 44.8 Å². The molecule has 110 valence electrons. The lowest BCUT2D eigenvalue weighted by Crippen LogP contribution is -2.41. The first kappa shape index (κ1) is 16.1. The summed E-state index contributed by atoms with van der Waals surface area (Å²) in [6.07, 6.45) is 6.69. The van der Waals surface area contributed by atoms with Crippen molar-refractivity contribution in [3.05, 3.63) is 12.2 Å². The quantitative estimate of drug-likeness (QED) is 0.542. The number of allylic oxidation sites excluding steroid dienone is 1. The predicted octanol–water partition coefficient (Wildman–Crippen LogP) is 2.21. The number of carboxylic acid groups (broad SMARTS) is 1. The zero-order valence-electron chi connectivity index (χ0n) is 11.7. The average molecular weight is 272 g/mol. The first-order valence-electron chi connectivity index (χ1n) is 6.75. The van der Waals surface area contributed by atoms with Crippen molar-refractivity contribution in [3.63, 3.8) is 0 Å². The highest BCUT2D eigenvalue weighted by atomic mass is 16.7. The van der Waals surface area contributed by atoms with Gasteiger partial charge >= 0.3 is 5.97 Å². The molecule has 0 saturated carbocycles. The fourth-order valence-corrected chi connectivity index (χ4v) is 2.13. The normalized spacial score (nSPS) is 25.6. The molecule has 1 aliphatic rings. The van der Waals surface area contributed by atoms with Crippen molar-refractivity contribution >= 4 is 5.97 Å². The van der Waals surface area contributed by atoms with Crippen LogP contribution in [0.4, 0.5) is 0 Å². The summed E-state index contributed by atoms with van der Waals surface area (Å²) >= 11 is 0. The molecule has 0 radical (unpaired) electrons. The maximum absolute atomic E-state index is 10.4. The van der Waals surface area contributed by atoms with Crippen LogP contribution in [0.2, 0.25) is 0 Å². The highest BCUT2D eigenvalue weighted by molar-refractivity contribution is 5.66. The number of aliphatic carboxylic acids is 1. The Morgan fingerprint density at radius 3 is 2.95 bits per heavy atom. The molecule has 3 atom stereocenters. The van der Waals surface area contributed by atoms with Crippen molar-refractivity contribution in [1.29, 1.82) is 0 Å². The first-order valence-corrected chi connectivity index (χ1v) is 6.75. The molecule has 0 unspecified atom stereocenters. The van der Waals surface area contributed by atoms with Crippen molar-refractivity contribution in [2.75, 3.05) is 20.5 Å². The molecule has 0 amide bonds. The fraction of sp³-hybridized carbons (Fsp3) is 0.786. The molecule has 0 aliphatic carbocycles. The topological polar surface area (TPSA) is 65.0 Å². The standard InChI is InChI=1S/C14H24O5/c1-11-9-18-10-19-14(11)12(17-2)7-5-3-4-6-8-13(15)16/h5,7,11-12,14H,3-4,6,8-10H2,1-2H3,(H,15,16)/b7-5+/t11-,12+,14+/m1/s1. The van der Waals surface area contributed by atoms with Crippen molar-refractivity contribution < 1.29 is 24.1 Å². The Balaban J connectivity index is 2.28. The molecule has 1 N–H and O–H groups in total. The second kappa shape index (κ2) is 9.07. The highest BCUT2D eigenvalue weighted by Gasteiger charge is 2.29. The maximum atomic E-state index is 10.4. The number of ether oxygens (including phenoxy) is 3. The van der Waals surface area contributed by atoms with E-state index in [-0.39, 0.29) is 18.6 Å². The van der Waals surface area contributed by atoms with Gasteiger partial charge in [-0.25, -0.2) is 0 Å². The summed E-state index contributed by atoms with van der Waals surface area (Å²) in [4.78, 5) is 10.4. The van der Waals surface area contributed by atoms with E-state index >= 15 is 0 Å². The molecule has 1 rings (SSSR count). The minimum atomic E-state index is -0.733. The van der Waals surface area contributed by atoms with Crippen LogP contribution in [0.1, 0.15) is 32.6 Å². The van der Waals surface area contributed by atoms with Crippen LogP contribution in [0.5, 0.6) is 0 Å². The number of methoxy groups -OCH3 is 1. The Kier molecular flexibility index (Phi) is 7.70. The maximum Gasteiger partial charge on any atom is 0.303 e. The third-order valence-corrected chi connectivity index (χ3v) is 3.22. The second-order valence-electron chi connectivity index (χ2n) is 4.87. The van der Waals surface area contributed by atoms with Crippen molar-refractivity contribution in [1.82, 2.24) is 0 Å².